The van der Waals surface area contributed by atoms with Crippen molar-refractivity contribution in [3.8, 4) is 0 Å². The van der Waals surface area contributed by atoms with E-state index in [0.29, 0.717) is 6.42 Å². The molecular weight excluding hydrogens is 263 g/mol. The summed E-state index contributed by atoms with van der Waals surface area (Å²) >= 11 is 0. The second-order valence-corrected chi connectivity index (χ2v) is 5.87. The molecule has 0 heterocycles. The summed E-state index contributed by atoms with van der Waals surface area (Å²) in [5.41, 5.74) is -1.62. The van der Waals surface area contributed by atoms with Crippen LogP contribution in [0.2, 0.25) is 0 Å². The molecule has 0 amide bonds. The Bertz CT molecular complexity index is 278. The van der Waals surface area contributed by atoms with Crippen LogP contribution in [0.15, 0.2) is 0 Å². The van der Waals surface area contributed by atoms with Crippen molar-refractivity contribution in [3.05, 3.63) is 0 Å². The molecule has 0 aliphatic rings. The van der Waals surface area contributed by atoms with E-state index in [0.717, 1.165) is 12.8 Å². The number of carbonyl (C=O) groups is 2. The molecule has 0 fully saturated rings. The fraction of sp³-hybridized carbons (Fsp3) is 0.875. The van der Waals surface area contributed by atoms with Gasteiger partial charge in [-0.25, -0.2) is 0 Å². The minimum absolute atomic E-state index is 0. The average Bonchev–Trinajstić information content (AvgIpc) is 2.40. The molecule has 0 saturated heterocycles. The number of aliphatic carboxylic acids is 2. The fourth-order valence-electron chi connectivity index (χ4n) is 2.27. The van der Waals surface area contributed by atoms with Crippen molar-refractivity contribution in [1.29, 1.82) is 0 Å². The second-order valence-electron chi connectivity index (χ2n) is 5.87. The van der Waals surface area contributed by atoms with Gasteiger partial charge in [0.2, 0.25) is 0 Å². The molecule has 0 aromatic carbocycles. The van der Waals surface area contributed by atoms with Gasteiger partial charge < -0.3 is 10.2 Å². The van der Waals surface area contributed by atoms with Crippen LogP contribution in [0.25, 0.3) is 0 Å². The maximum absolute atomic E-state index is 11.0. The Hall–Kier alpha value is -0.463. The quantitative estimate of drug-likeness (QED) is 0.307. The van der Waals surface area contributed by atoms with Crippen LogP contribution in [0.3, 0.4) is 0 Å². The first-order valence-electron chi connectivity index (χ1n) is 7.92. The molecule has 0 bridgehead atoms. The summed E-state index contributed by atoms with van der Waals surface area (Å²) < 4.78 is 0. The zero-order valence-corrected chi connectivity index (χ0v) is 13.0. The topological polar surface area (TPSA) is 74.6 Å². The van der Waals surface area contributed by atoms with E-state index in [1.165, 1.54) is 51.9 Å². The molecule has 4 nitrogen and oxygen atoms in total. The van der Waals surface area contributed by atoms with E-state index in [4.69, 9.17) is 10.2 Å². The van der Waals surface area contributed by atoms with Gasteiger partial charge in [0.1, 0.15) is 0 Å². The number of hydrogen-bond acceptors (Lipinski definition) is 2. The normalized spacial score (nSPS) is 11.0. The summed E-state index contributed by atoms with van der Waals surface area (Å²) in [5, 5.41) is 17.9. The third-order valence-corrected chi connectivity index (χ3v) is 3.97. The monoisotopic (exact) mass is 294 g/mol. The molecular formula is C16H31LiO4. The molecule has 0 aliphatic carbocycles. The van der Waals surface area contributed by atoms with Crippen LogP contribution in [0.4, 0.5) is 0 Å². The number of carboxylic acid groups (broad SMARTS) is 2. The van der Waals surface area contributed by atoms with Crippen LogP contribution < -0.4 is 0 Å². The van der Waals surface area contributed by atoms with Crippen molar-refractivity contribution in [2.45, 2.75) is 84.5 Å². The third kappa shape index (κ3) is 9.98. The van der Waals surface area contributed by atoms with E-state index in [-0.39, 0.29) is 25.3 Å². The SMILES string of the molecule is CCCCCCCCCCCCC(C)(C(=O)O)C(=O)O.[LiH]. The Labute approximate surface area is 140 Å². The molecule has 0 radical (unpaired) electrons. The molecule has 0 atom stereocenters. The molecule has 0 unspecified atom stereocenters. The first kappa shape index (κ1) is 22.8. The van der Waals surface area contributed by atoms with Crippen molar-refractivity contribution in [3.63, 3.8) is 0 Å². The van der Waals surface area contributed by atoms with Crippen LogP contribution in [0, 0.1) is 5.41 Å². The van der Waals surface area contributed by atoms with Crippen molar-refractivity contribution < 1.29 is 19.8 Å². The number of unbranched alkanes of at least 4 members (excludes halogenated alkanes) is 9. The van der Waals surface area contributed by atoms with Gasteiger partial charge in [0.05, 0.1) is 0 Å². The molecule has 0 spiro atoms. The van der Waals surface area contributed by atoms with Gasteiger partial charge in [-0.3, -0.25) is 9.59 Å². The van der Waals surface area contributed by atoms with Gasteiger partial charge in [0, 0.05) is 0 Å². The van der Waals surface area contributed by atoms with E-state index >= 15 is 0 Å². The predicted molar refractivity (Wildman–Crippen MR) is 87.0 cm³/mol. The Morgan fingerprint density at radius 3 is 1.43 bits per heavy atom. The summed E-state index contributed by atoms with van der Waals surface area (Å²) in [6, 6.07) is 0. The fourth-order valence-corrected chi connectivity index (χ4v) is 2.27. The molecule has 0 rings (SSSR count). The molecule has 0 saturated carbocycles. The van der Waals surface area contributed by atoms with E-state index in [1.54, 1.807) is 0 Å². The zero-order chi connectivity index (χ0) is 15.4. The van der Waals surface area contributed by atoms with E-state index in [2.05, 4.69) is 6.92 Å². The first-order valence-corrected chi connectivity index (χ1v) is 7.92. The van der Waals surface area contributed by atoms with Gasteiger partial charge in [-0.15, -0.1) is 0 Å². The number of hydrogen-bond donors (Lipinski definition) is 2. The third-order valence-electron chi connectivity index (χ3n) is 3.97. The Kier molecular flexibility index (Phi) is 14.4. The van der Waals surface area contributed by atoms with Gasteiger partial charge in [-0.1, -0.05) is 71.1 Å². The van der Waals surface area contributed by atoms with Crippen LogP contribution >= 0.6 is 0 Å². The van der Waals surface area contributed by atoms with E-state index in [1.807, 2.05) is 0 Å². The molecule has 5 heteroatoms. The molecule has 0 aliphatic heterocycles. The Balaban J connectivity index is 0. The summed E-state index contributed by atoms with van der Waals surface area (Å²) in [5.74, 6) is -2.47. The van der Waals surface area contributed by atoms with Crippen LogP contribution in [0.5, 0.6) is 0 Å². The van der Waals surface area contributed by atoms with E-state index < -0.39 is 17.4 Å². The molecule has 0 aromatic rings. The van der Waals surface area contributed by atoms with Gasteiger partial charge in [-0.2, -0.15) is 0 Å². The predicted octanol–water partition coefficient (Wildman–Crippen LogP) is 3.82. The van der Waals surface area contributed by atoms with Crippen molar-refractivity contribution >= 4 is 30.8 Å². The van der Waals surface area contributed by atoms with Gasteiger partial charge in [-0.05, 0) is 13.3 Å². The van der Waals surface area contributed by atoms with E-state index in [9.17, 15) is 9.59 Å². The first-order chi connectivity index (χ1) is 9.45. The van der Waals surface area contributed by atoms with Crippen LogP contribution in [0.1, 0.15) is 84.5 Å². The summed E-state index contributed by atoms with van der Waals surface area (Å²) in [6.07, 6.45) is 11.8. The molecule has 0 aromatic heterocycles. The summed E-state index contributed by atoms with van der Waals surface area (Å²) in [4.78, 5) is 21.9. The van der Waals surface area contributed by atoms with Gasteiger partial charge in [0.15, 0.2) is 5.41 Å². The Morgan fingerprint density at radius 2 is 1.10 bits per heavy atom. The van der Waals surface area contributed by atoms with Gasteiger partial charge >= 0.3 is 30.8 Å². The number of rotatable bonds is 13. The van der Waals surface area contributed by atoms with Crippen molar-refractivity contribution in [2.24, 2.45) is 5.41 Å². The summed E-state index contributed by atoms with van der Waals surface area (Å²) in [6.45, 7) is 3.51. The second kappa shape index (κ2) is 13.2. The van der Waals surface area contributed by atoms with Crippen LogP contribution in [-0.4, -0.2) is 41.0 Å². The Morgan fingerprint density at radius 1 is 0.762 bits per heavy atom. The van der Waals surface area contributed by atoms with Crippen molar-refractivity contribution in [1.82, 2.24) is 0 Å². The maximum atomic E-state index is 11.0. The average molecular weight is 294 g/mol. The summed E-state index contributed by atoms with van der Waals surface area (Å²) in [7, 11) is 0. The van der Waals surface area contributed by atoms with Gasteiger partial charge in [0.25, 0.3) is 0 Å². The molecule has 120 valence electrons. The molecule has 2 N–H and O–H groups in total. The van der Waals surface area contributed by atoms with Crippen LogP contribution in [-0.2, 0) is 9.59 Å². The van der Waals surface area contributed by atoms with Crippen molar-refractivity contribution in [2.75, 3.05) is 0 Å². The standard InChI is InChI=1S/C16H30O4.Li.H/c1-3-4-5-6-7-8-9-10-11-12-13-16(2,14(17)18)15(19)20;;/h3-13H2,1-2H3,(H,17,18)(H,19,20);;. The minimum atomic E-state index is -1.62. The molecule has 21 heavy (non-hydrogen) atoms. The zero-order valence-electron chi connectivity index (χ0n) is 13.0. The number of carboxylic acids is 2.